The van der Waals surface area contributed by atoms with Crippen molar-refractivity contribution in [2.75, 3.05) is 33.9 Å². The Kier molecular flexibility index (Phi) is 4.52. The zero-order valence-corrected chi connectivity index (χ0v) is 13.6. The monoisotopic (exact) mass is 303 g/mol. The van der Waals surface area contributed by atoms with Crippen molar-refractivity contribution in [2.45, 2.75) is 25.8 Å². The summed E-state index contributed by atoms with van der Waals surface area (Å²) in [6.07, 6.45) is 2.26. The smallest absolute Gasteiger partial charge is 0.127 e. The van der Waals surface area contributed by atoms with Crippen molar-refractivity contribution >= 4 is 5.71 Å². The number of benzene rings is 1. The summed E-state index contributed by atoms with van der Waals surface area (Å²) in [5.74, 6) is 2.11. The maximum atomic E-state index is 5.57. The maximum absolute atomic E-state index is 5.57. The number of piperidine rings is 1. The summed E-state index contributed by atoms with van der Waals surface area (Å²) in [5.41, 5.74) is 5.79. The van der Waals surface area contributed by atoms with Crippen molar-refractivity contribution in [3.05, 3.63) is 23.8 Å². The Morgan fingerprint density at radius 3 is 2.91 bits per heavy atom. The summed E-state index contributed by atoms with van der Waals surface area (Å²) in [7, 11) is 3.38. The van der Waals surface area contributed by atoms with E-state index in [1.807, 2.05) is 12.1 Å². The number of hydrogen-bond acceptors (Lipinski definition) is 5. The molecule has 2 heterocycles. The molecule has 0 amide bonds. The summed E-state index contributed by atoms with van der Waals surface area (Å²) >= 11 is 0. The van der Waals surface area contributed by atoms with Gasteiger partial charge in [0.05, 0.1) is 20.3 Å². The average molecular weight is 303 g/mol. The van der Waals surface area contributed by atoms with Crippen molar-refractivity contribution in [3.63, 3.8) is 0 Å². The van der Waals surface area contributed by atoms with Crippen LogP contribution in [0, 0.1) is 5.92 Å². The summed E-state index contributed by atoms with van der Waals surface area (Å²) in [4.78, 5) is 2.54. The molecule has 2 aliphatic heterocycles. The number of likely N-dealkylation sites (tertiary alicyclic amines) is 1. The number of nitrogens with one attached hydrogen (secondary N) is 1. The minimum Gasteiger partial charge on any atom is -0.497 e. The van der Waals surface area contributed by atoms with Crippen LogP contribution in [-0.4, -0.2) is 44.5 Å². The molecule has 120 valence electrons. The Morgan fingerprint density at radius 2 is 2.18 bits per heavy atom. The largest absolute Gasteiger partial charge is 0.497 e. The van der Waals surface area contributed by atoms with Gasteiger partial charge in [-0.3, -0.25) is 0 Å². The molecule has 2 atom stereocenters. The maximum Gasteiger partial charge on any atom is 0.127 e. The molecule has 0 saturated carbocycles. The van der Waals surface area contributed by atoms with Crippen molar-refractivity contribution in [1.29, 1.82) is 0 Å². The third-order valence-electron chi connectivity index (χ3n) is 4.63. The van der Waals surface area contributed by atoms with Crippen LogP contribution in [0.3, 0.4) is 0 Å². The molecule has 1 saturated heterocycles. The average Bonchev–Trinajstić information content (AvgIpc) is 2.97. The fraction of sp³-hybridized carbons (Fsp3) is 0.588. The van der Waals surface area contributed by atoms with Gasteiger partial charge in [0.25, 0.3) is 0 Å². The standard InChI is InChI=1S/C17H25N3O2/c1-4-8-20-9-7-15-14(11-20)17(19-18-15)13-6-5-12(21-2)10-16(13)22-3/h5-6,10,14,17,19H,4,7-9,11H2,1-3H3. The lowest BCUT2D eigenvalue weighted by molar-refractivity contribution is 0.227. The van der Waals surface area contributed by atoms with Gasteiger partial charge in [0.15, 0.2) is 0 Å². The van der Waals surface area contributed by atoms with Gasteiger partial charge >= 0.3 is 0 Å². The molecule has 1 aromatic carbocycles. The third kappa shape index (κ3) is 2.77. The molecular formula is C17H25N3O2. The number of ether oxygens (including phenoxy) is 2. The molecule has 1 fully saturated rings. The predicted molar refractivity (Wildman–Crippen MR) is 87.7 cm³/mol. The van der Waals surface area contributed by atoms with E-state index >= 15 is 0 Å². The van der Waals surface area contributed by atoms with Gasteiger partial charge in [-0.15, -0.1) is 0 Å². The Balaban J connectivity index is 1.83. The zero-order chi connectivity index (χ0) is 15.5. The highest BCUT2D eigenvalue weighted by molar-refractivity contribution is 5.90. The van der Waals surface area contributed by atoms with Crippen LogP contribution >= 0.6 is 0 Å². The van der Waals surface area contributed by atoms with Crippen molar-refractivity contribution in [3.8, 4) is 11.5 Å². The Bertz CT molecular complexity index is 559. The summed E-state index contributed by atoms with van der Waals surface area (Å²) in [6.45, 7) is 5.59. The topological polar surface area (TPSA) is 46.1 Å². The zero-order valence-electron chi connectivity index (χ0n) is 13.6. The first-order valence-electron chi connectivity index (χ1n) is 8.03. The van der Waals surface area contributed by atoms with Crippen LogP contribution in [0.5, 0.6) is 11.5 Å². The second kappa shape index (κ2) is 6.57. The number of nitrogens with zero attached hydrogens (tertiary/aromatic N) is 2. The number of rotatable bonds is 5. The first-order chi connectivity index (χ1) is 10.8. The van der Waals surface area contributed by atoms with Crippen LogP contribution in [0.4, 0.5) is 0 Å². The number of methoxy groups -OCH3 is 2. The molecule has 0 aromatic heterocycles. The molecule has 1 N–H and O–H groups in total. The molecule has 5 heteroatoms. The van der Waals surface area contributed by atoms with E-state index in [1.165, 1.54) is 12.1 Å². The molecule has 0 bridgehead atoms. The molecule has 22 heavy (non-hydrogen) atoms. The van der Waals surface area contributed by atoms with Gasteiger partial charge < -0.3 is 19.8 Å². The first kappa shape index (κ1) is 15.2. The quantitative estimate of drug-likeness (QED) is 0.907. The molecule has 3 rings (SSSR count). The van der Waals surface area contributed by atoms with Gasteiger partial charge in [-0.2, -0.15) is 5.10 Å². The molecule has 0 spiro atoms. The van der Waals surface area contributed by atoms with E-state index in [9.17, 15) is 0 Å². The van der Waals surface area contributed by atoms with Crippen LogP contribution in [-0.2, 0) is 0 Å². The van der Waals surface area contributed by atoms with Gasteiger partial charge in [0.2, 0.25) is 0 Å². The highest BCUT2D eigenvalue weighted by Crippen LogP contribution is 2.38. The van der Waals surface area contributed by atoms with E-state index in [0.717, 1.165) is 43.1 Å². The first-order valence-corrected chi connectivity index (χ1v) is 8.03. The lowest BCUT2D eigenvalue weighted by Crippen LogP contribution is -2.42. The Hall–Kier alpha value is -1.75. The molecular weight excluding hydrogens is 278 g/mol. The number of hydrogen-bond donors (Lipinski definition) is 1. The van der Waals surface area contributed by atoms with E-state index in [0.29, 0.717) is 5.92 Å². The van der Waals surface area contributed by atoms with Gasteiger partial charge in [0, 0.05) is 42.8 Å². The van der Waals surface area contributed by atoms with Crippen molar-refractivity contribution < 1.29 is 9.47 Å². The van der Waals surface area contributed by atoms with Crippen LogP contribution in [0.1, 0.15) is 31.4 Å². The second-order valence-electron chi connectivity index (χ2n) is 5.97. The summed E-state index contributed by atoms with van der Waals surface area (Å²) in [6, 6.07) is 6.22. The van der Waals surface area contributed by atoms with Crippen molar-refractivity contribution in [2.24, 2.45) is 11.0 Å². The minimum absolute atomic E-state index is 0.190. The van der Waals surface area contributed by atoms with Gasteiger partial charge in [0.1, 0.15) is 11.5 Å². The fourth-order valence-electron chi connectivity index (χ4n) is 3.49. The van der Waals surface area contributed by atoms with Crippen LogP contribution in [0.25, 0.3) is 0 Å². The van der Waals surface area contributed by atoms with Crippen LogP contribution in [0.15, 0.2) is 23.3 Å². The molecule has 2 aliphatic rings. The van der Waals surface area contributed by atoms with Crippen LogP contribution in [0.2, 0.25) is 0 Å². The predicted octanol–water partition coefficient (Wildman–Crippen LogP) is 2.44. The summed E-state index contributed by atoms with van der Waals surface area (Å²) < 4.78 is 10.9. The van der Waals surface area contributed by atoms with Gasteiger partial charge in [-0.25, -0.2) is 0 Å². The fourth-order valence-corrected chi connectivity index (χ4v) is 3.49. The Labute approximate surface area is 132 Å². The van der Waals surface area contributed by atoms with Gasteiger partial charge in [-0.1, -0.05) is 6.92 Å². The molecule has 0 radical (unpaired) electrons. The molecule has 1 aromatic rings. The lowest BCUT2D eigenvalue weighted by atomic mass is 9.86. The van der Waals surface area contributed by atoms with E-state index in [4.69, 9.17) is 9.47 Å². The second-order valence-corrected chi connectivity index (χ2v) is 5.97. The van der Waals surface area contributed by atoms with Crippen molar-refractivity contribution in [1.82, 2.24) is 10.3 Å². The highest BCUT2D eigenvalue weighted by atomic mass is 16.5. The third-order valence-corrected chi connectivity index (χ3v) is 4.63. The van der Waals surface area contributed by atoms with E-state index in [2.05, 4.69) is 28.4 Å². The number of hydrazone groups is 1. The SMILES string of the molecule is CCCN1CCC2=NNC(c3ccc(OC)cc3OC)C2C1. The molecule has 2 unspecified atom stereocenters. The lowest BCUT2D eigenvalue weighted by Gasteiger charge is -2.33. The molecule has 5 nitrogen and oxygen atoms in total. The van der Waals surface area contributed by atoms with E-state index in [-0.39, 0.29) is 6.04 Å². The molecule has 0 aliphatic carbocycles. The van der Waals surface area contributed by atoms with E-state index < -0.39 is 0 Å². The van der Waals surface area contributed by atoms with Crippen LogP contribution < -0.4 is 14.9 Å². The van der Waals surface area contributed by atoms with Gasteiger partial charge in [-0.05, 0) is 25.1 Å². The highest BCUT2D eigenvalue weighted by Gasteiger charge is 2.38. The Morgan fingerprint density at radius 1 is 1.32 bits per heavy atom. The minimum atomic E-state index is 0.190. The summed E-state index contributed by atoms with van der Waals surface area (Å²) in [5, 5.41) is 4.58. The normalized spacial score (nSPS) is 24.4. The van der Waals surface area contributed by atoms with E-state index in [1.54, 1.807) is 14.2 Å². The number of fused-ring (bicyclic) bond motifs is 1.